The van der Waals surface area contributed by atoms with Crippen molar-refractivity contribution in [1.29, 1.82) is 0 Å². The van der Waals surface area contributed by atoms with Gasteiger partial charge in [-0.2, -0.15) is 13.2 Å². The minimum atomic E-state index is -4.63. The molecule has 0 spiro atoms. The summed E-state index contributed by atoms with van der Waals surface area (Å²) in [6.07, 6.45) is -0.659. The molecule has 0 radical (unpaired) electrons. The van der Waals surface area contributed by atoms with Gasteiger partial charge in [0.15, 0.2) is 6.10 Å². The van der Waals surface area contributed by atoms with Crippen molar-refractivity contribution in [3.05, 3.63) is 94.0 Å². The number of alkyl halides is 3. The van der Waals surface area contributed by atoms with Crippen LogP contribution >= 0.6 is 11.6 Å². The molecule has 1 atom stereocenters. The number of carboxylic acid groups (broad SMARTS) is 1. The lowest BCUT2D eigenvalue weighted by molar-refractivity contribution is -0.146. The monoisotopic (exact) mass is 617 g/mol. The summed E-state index contributed by atoms with van der Waals surface area (Å²) in [5.41, 5.74) is 1.31. The van der Waals surface area contributed by atoms with Crippen LogP contribution in [0.1, 0.15) is 65.1 Å². The topological polar surface area (TPSA) is 119 Å². The number of anilines is 2. The van der Waals surface area contributed by atoms with Crippen LogP contribution in [0.2, 0.25) is 5.02 Å². The molecule has 8 nitrogen and oxygen atoms in total. The summed E-state index contributed by atoms with van der Waals surface area (Å²) in [6, 6.07) is 15.6. The molecular weight excluding hydrogens is 587 g/mol. The first-order chi connectivity index (χ1) is 20.4. The summed E-state index contributed by atoms with van der Waals surface area (Å²) in [5.74, 6) is -1.63. The highest BCUT2D eigenvalue weighted by atomic mass is 35.5. The quantitative estimate of drug-likeness (QED) is 0.210. The molecule has 0 saturated heterocycles. The van der Waals surface area contributed by atoms with Crippen LogP contribution < -0.4 is 15.5 Å². The molecule has 3 aromatic rings. The number of nitrogens with zero attached hydrogens (tertiary/aromatic N) is 1. The molecule has 4 rings (SSSR count). The molecule has 1 unspecified atom stereocenters. The van der Waals surface area contributed by atoms with Gasteiger partial charge in [-0.1, -0.05) is 55.1 Å². The van der Waals surface area contributed by atoms with Crippen molar-refractivity contribution in [2.45, 2.75) is 56.8 Å². The third kappa shape index (κ3) is 8.48. The number of carbonyl (C=O) groups is 3. The molecule has 4 N–H and O–H groups in total. The minimum Gasteiger partial charge on any atom is -0.479 e. The van der Waals surface area contributed by atoms with Crippen LogP contribution in [0.5, 0.6) is 0 Å². The summed E-state index contributed by atoms with van der Waals surface area (Å²) < 4.78 is 40.0. The SMILES string of the molecule is O=C(NCC(O)C(=O)O)c1ccc(CN(C(=O)Nc2cc(C(F)(F)F)ccc2Cl)c2ccc(C3CCCCC3)cc2)cc1. The van der Waals surface area contributed by atoms with Crippen LogP contribution in [0.3, 0.4) is 0 Å². The summed E-state index contributed by atoms with van der Waals surface area (Å²) in [5, 5.41) is 22.9. The number of aliphatic carboxylic acids is 1. The standard InChI is InChI=1S/C31H31ClF3N3O5/c32-25-15-12-23(31(33,34)35)16-26(25)37-30(43)38(24-13-10-21(11-14-24)20-4-2-1-3-5-20)18-19-6-8-22(9-7-19)28(40)36-17-27(39)29(41)42/h6-16,20,27,39H,1-5,17-18H2,(H,36,40)(H,37,43)(H,41,42). The Kier molecular flexibility index (Phi) is 10.3. The summed E-state index contributed by atoms with van der Waals surface area (Å²) in [4.78, 5) is 38.0. The average molecular weight is 618 g/mol. The molecular formula is C31H31ClF3N3O5. The normalized spacial score (nSPS) is 14.5. The fourth-order valence-corrected chi connectivity index (χ4v) is 5.11. The van der Waals surface area contributed by atoms with Crippen molar-refractivity contribution in [3.8, 4) is 0 Å². The van der Waals surface area contributed by atoms with Crippen molar-refractivity contribution in [1.82, 2.24) is 5.32 Å². The fraction of sp³-hybridized carbons (Fsp3) is 0.323. The molecule has 0 aromatic heterocycles. The molecule has 0 aliphatic heterocycles. The van der Waals surface area contributed by atoms with Crippen molar-refractivity contribution in [2.75, 3.05) is 16.8 Å². The summed E-state index contributed by atoms with van der Waals surface area (Å²) in [7, 11) is 0. The van der Waals surface area contributed by atoms with Crippen LogP contribution in [-0.4, -0.2) is 40.8 Å². The number of amides is 3. The van der Waals surface area contributed by atoms with Gasteiger partial charge in [-0.3, -0.25) is 9.69 Å². The van der Waals surface area contributed by atoms with E-state index in [9.17, 15) is 32.7 Å². The van der Waals surface area contributed by atoms with E-state index in [0.717, 1.165) is 49.4 Å². The third-order valence-electron chi connectivity index (χ3n) is 7.36. The molecule has 12 heteroatoms. The van der Waals surface area contributed by atoms with E-state index in [4.69, 9.17) is 16.7 Å². The minimum absolute atomic E-state index is 0.00478. The number of hydrogen-bond acceptors (Lipinski definition) is 4. The van der Waals surface area contributed by atoms with E-state index in [-0.39, 0.29) is 22.8 Å². The van der Waals surface area contributed by atoms with Gasteiger partial charge in [0.05, 0.1) is 29.4 Å². The molecule has 228 valence electrons. The van der Waals surface area contributed by atoms with Crippen molar-refractivity contribution >= 4 is 40.9 Å². The molecule has 43 heavy (non-hydrogen) atoms. The molecule has 3 amide bonds. The van der Waals surface area contributed by atoms with Crippen molar-refractivity contribution in [2.24, 2.45) is 0 Å². The van der Waals surface area contributed by atoms with Gasteiger partial charge in [-0.05, 0) is 72.4 Å². The Balaban J connectivity index is 1.56. The maximum atomic E-state index is 13.5. The molecule has 0 bridgehead atoms. The maximum absolute atomic E-state index is 13.5. The predicted octanol–water partition coefficient (Wildman–Crippen LogP) is 6.82. The lowest BCUT2D eigenvalue weighted by atomic mass is 9.84. The van der Waals surface area contributed by atoms with Crippen molar-refractivity contribution < 1.29 is 37.8 Å². The number of carboxylic acids is 1. The lowest BCUT2D eigenvalue weighted by Crippen LogP contribution is -2.36. The maximum Gasteiger partial charge on any atom is 0.416 e. The lowest BCUT2D eigenvalue weighted by Gasteiger charge is -2.26. The van der Waals surface area contributed by atoms with Gasteiger partial charge < -0.3 is 20.8 Å². The Morgan fingerprint density at radius 1 is 0.953 bits per heavy atom. The highest BCUT2D eigenvalue weighted by Gasteiger charge is 2.31. The second kappa shape index (κ2) is 13.9. The zero-order valence-corrected chi connectivity index (χ0v) is 23.8. The van der Waals surface area contributed by atoms with E-state index in [1.165, 1.54) is 23.5 Å². The van der Waals surface area contributed by atoms with E-state index in [1.54, 1.807) is 24.3 Å². The fourth-order valence-electron chi connectivity index (χ4n) is 4.95. The van der Waals surface area contributed by atoms with Crippen LogP contribution in [-0.2, 0) is 17.5 Å². The number of urea groups is 1. The van der Waals surface area contributed by atoms with Gasteiger partial charge in [-0.25, -0.2) is 9.59 Å². The molecule has 1 aliphatic carbocycles. The van der Waals surface area contributed by atoms with Crippen LogP contribution in [0.15, 0.2) is 66.7 Å². The Bertz CT molecular complexity index is 1440. The second-order valence-electron chi connectivity index (χ2n) is 10.4. The van der Waals surface area contributed by atoms with Gasteiger partial charge in [0, 0.05) is 11.3 Å². The third-order valence-corrected chi connectivity index (χ3v) is 7.69. The van der Waals surface area contributed by atoms with E-state index in [0.29, 0.717) is 17.2 Å². The van der Waals surface area contributed by atoms with Gasteiger partial charge >= 0.3 is 18.2 Å². The number of carbonyl (C=O) groups excluding carboxylic acids is 2. The zero-order chi connectivity index (χ0) is 31.1. The Hall–Kier alpha value is -4.09. The van der Waals surface area contributed by atoms with E-state index in [1.807, 2.05) is 12.1 Å². The van der Waals surface area contributed by atoms with E-state index in [2.05, 4.69) is 10.6 Å². The molecule has 1 saturated carbocycles. The number of nitrogens with one attached hydrogen (secondary N) is 2. The number of halogens is 4. The first-order valence-corrected chi connectivity index (χ1v) is 14.1. The highest BCUT2D eigenvalue weighted by molar-refractivity contribution is 6.33. The molecule has 0 heterocycles. The largest absolute Gasteiger partial charge is 0.479 e. The smallest absolute Gasteiger partial charge is 0.416 e. The first-order valence-electron chi connectivity index (χ1n) is 13.8. The number of benzene rings is 3. The number of rotatable bonds is 9. The molecule has 3 aromatic carbocycles. The van der Waals surface area contributed by atoms with Crippen LogP contribution in [0.4, 0.5) is 29.3 Å². The Labute approximate surface area is 251 Å². The Morgan fingerprint density at radius 3 is 2.21 bits per heavy atom. The van der Waals surface area contributed by atoms with Gasteiger partial charge in [0.1, 0.15) is 0 Å². The van der Waals surface area contributed by atoms with Crippen LogP contribution in [0, 0.1) is 0 Å². The van der Waals surface area contributed by atoms with Crippen molar-refractivity contribution in [3.63, 3.8) is 0 Å². The van der Waals surface area contributed by atoms with Crippen LogP contribution in [0.25, 0.3) is 0 Å². The first kappa shape index (κ1) is 31.8. The number of aliphatic hydroxyl groups is 1. The van der Waals surface area contributed by atoms with Gasteiger partial charge in [-0.15, -0.1) is 0 Å². The predicted molar refractivity (Wildman–Crippen MR) is 156 cm³/mol. The zero-order valence-electron chi connectivity index (χ0n) is 23.0. The average Bonchev–Trinajstić information content (AvgIpc) is 2.99. The summed E-state index contributed by atoms with van der Waals surface area (Å²) in [6.45, 7) is -0.469. The Morgan fingerprint density at radius 2 is 1.60 bits per heavy atom. The van der Waals surface area contributed by atoms with E-state index >= 15 is 0 Å². The van der Waals surface area contributed by atoms with Gasteiger partial charge in [0.2, 0.25) is 0 Å². The number of hydrogen-bond donors (Lipinski definition) is 4. The molecule has 1 fully saturated rings. The molecule has 1 aliphatic rings. The highest BCUT2D eigenvalue weighted by Crippen LogP contribution is 2.35. The van der Waals surface area contributed by atoms with Gasteiger partial charge in [0.25, 0.3) is 5.91 Å². The second-order valence-corrected chi connectivity index (χ2v) is 10.8. The number of aliphatic hydroxyl groups excluding tert-OH is 1. The van der Waals surface area contributed by atoms with E-state index < -0.39 is 42.3 Å². The summed E-state index contributed by atoms with van der Waals surface area (Å²) >= 11 is 6.13.